The van der Waals surface area contributed by atoms with Crippen LogP contribution in [-0.2, 0) is 20.9 Å². The minimum atomic E-state index is -1.36. The van der Waals surface area contributed by atoms with E-state index in [1.165, 1.54) is 12.8 Å². The molecule has 1 fully saturated rings. The number of hydrogen-bond donors (Lipinski definition) is 3. The first-order valence-electron chi connectivity index (χ1n) is 11.8. The maximum Gasteiger partial charge on any atom is 0.306 e. The van der Waals surface area contributed by atoms with Gasteiger partial charge in [0, 0.05) is 6.42 Å². The van der Waals surface area contributed by atoms with Crippen molar-refractivity contribution in [2.75, 3.05) is 0 Å². The summed E-state index contributed by atoms with van der Waals surface area (Å²) in [6.07, 6.45) is 0.850. The van der Waals surface area contributed by atoms with E-state index < -0.39 is 30.7 Å². The van der Waals surface area contributed by atoms with E-state index in [1.54, 1.807) is 12.1 Å². The van der Waals surface area contributed by atoms with Crippen LogP contribution >= 0.6 is 0 Å². The van der Waals surface area contributed by atoms with Gasteiger partial charge < -0.3 is 29.5 Å². The second-order valence-corrected chi connectivity index (χ2v) is 9.15. The molecular formula is C25H40O7. The fourth-order valence-corrected chi connectivity index (χ4v) is 3.82. The third kappa shape index (κ3) is 8.03. The molecule has 0 radical (unpaired) electrons. The van der Waals surface area contributed by atoms with E-state index in [-0.39, 0.29) is 12.6 Å². The van der Waals surface area contributed by atoms with Crippen LogP contribution in [0.15, 0.2) is 18.2 Å². The molecule has 32 heavy (non-hydrogen) atoms. The van der Waals surface area contributed by atoms with Crippen LogP contribution in [0.3, 0.4) is 0 Å². The van der Waals surface area contributed by atoms with E-state index in [2.05, 4.69) is 13.8 Å². The number of ether oxygens (including phenoxy) is 3. The molecule has 182 valence electrons. The van der Waals surface area contributed by atoms with E-state index in [0.29, 0.717) is 18.6 Å². The number of aryl methyl sites for hydroxylation is 1. The zero-order valence-corrected chi connectivity index (χ0v) is 19.8. The lowest BCUT2D eigenvalue weighted by Crippen LogP contribution is -2.58. The number of esters is 1. The molecule has 0 saturated carbocycles. The van der Waals surface area contributed by atoms with E-state index in [1.807, 2.05) is 19.9 Å². The minimum Gasteiger partial charge on any atom is -0.462 e. The fourth-order valence-electron chi connectivity index (χ4n) is 3.82. The quantitative estimate of drug-likeness (QED) is 0.328. The first-order chi connectivity index (χ1) is 15.2. The second-order valence-electron chi connectivity index (χ2n) is 9.15. The van der Waals surface area contributed by atoms with Crippen molar-refractivity contribution in [2.24, 2.45) is 5.92 Å². The predicted octanol–water partition coefficient (Wildman–Crippen LogP) is 3.63. The molecule has 0 aromatic heterocycles. The van der Waals surface area contributed by atoms with Crippen molar-refractivity contribution in [3.8, 4) is 5.75 Å². The molecule has 2 rings (SSSR count). The van der Waals surface area contributed by atoms with Crippen molar-refractivity contribution >= 4 is 5.97 Å². The second kappa shape index (κ2) is 13.1. The molecule has 0 amide bonds. The zero-order chi connectivity index (χ0) is 23.7. The molecule has 3 N–H and O–H groups in total. The van der Waals surface area contributed by atoms with Gasteiger partial charge in [-0.05, 0) is 48.9 Å². The summed E-state index contributed by atoms with van der Waals surface area (Å²) in [4.78, 5) is 12.0. The van der Waals surface area contributed by atoms with Crippen molar-refractivity contribution in [1.82, 2.24) is 0 Å². The summed E-state index contributed by atoms with van der Waals surface area (Å²) in [5.74, 6) is 1.03. The number of aliphatic hydroxyl groups excluding tert-OH is 3. The number of aliphatic hydroxyl groups is 3. The van der Waals surface area contributed by atoms with Crippen LogP contribution < -0.4 is 4.74 Å². The maximum atomic E-state index is 12.0. The summed E-state index contributed by atoms with van der Waals surface area (Å²) in [5, 5.41) is 30.2. The third-order valence-electron chi connectivity index (χ3n) is 5.87. The third-order valence-corrected chi connectivity index (χ3v) is 5.87. The first-order valence-corrected chi connectivity index (χ1v) is 11.8. The van der Waals surface area contributed by atoms with Crippen LogP contribution in [0.1, 0.15) is 76.8 Å². The molecular weight excluding hydrogens is 412 g/mol. The normalized spacial score (nSPS) is 25.7. The first kappa shape index (κ1) is 26.6. The van der Waals surface area contributed by atoms with Crippen LogP contribution in [0.25, 0.3) is 0 Å². The Morgan fingerprint density at radius 1 is 1.06 bits per heavy atom. The number of carbonyl (C=O) groups is 1. The topological polar surface area (TPSA) is 105 Å². The molecule has 0 aliphatic carbocycles. The van der Waals surface area contributed by atoms with E-state index in [9.17, 15) is 20.1 Å². The molecule has 1 aromatic rings. The smallest absolute Gasteiger partial charge is 0.306 e. The van der Waals surface area contributed by atoms with Crippen molar-refractivity contribution in [3.63, 3.8) is 0 Å². The van der Waals surface area contributed by atoms with Gasteiger partial charge in [0.05, 0.1) is 6.10 Å². The molecule has 1 aliphatic heterocycles. The Morgan fingerprint density at radius 2 is 1.78 bits per heavy atom. The lowest BCUT2D eigenvalue weighted by atomic mass is 9.97. The van der Waals surface area contributed by atoms with E-state index >= 15 is 0 Å². The molecule has 1 saturated heterocycles. The Labute approximate surface area is 191 Å². The van der Waals surface area contributed by atoms with Crippen LogP contribution in [0, 0.1) is 12.8 Å². The summed E-state index contributed by atoms with van der Waals surface area (Å²) in [6, 6.07) is 5.37. The molecule has 0 bridgehead atoms. The van der Waals surface area contributed by atoms with Crippen molar-refractivity contribution in [2.45, 2.75) is 110 Å². The van der Waals surface area contributed by atoms with Crippen LogP contribution in [0.4, 0.5) is 0 Å². The van der Waals surface area contributed by atoms with Gasteiger partial charge in [0.1, 0.15) is 30.7 Å². The van der Waals surface area contributed by atoms with Crippen LogP contribution in [0.2, 0.25) is 0 Å². The van der Waals surface area contributed by atoms with Gasteiger partial charge in [-0.2, -0.15) is 0 Å². The van der Waals surface area contributed by atoms with Gasteiger partial charge in [-0.15, -0.1) is 0 Å². The van der Waals surface area contributed by atoms with E-state index in [0.717, 1.165) is 36.3 Å². The molecule has 0 spiro atoms. The van der Waals surface area contributed by atoms with Crippen LogP contribution in [0.5, 0.6) is 5.75 Å². The molecule has 1 heterocycles. The highest BCUT2D eigenvalue weighted by molar-refractivity contribution is 5.69. The zero-order valence-electron chi connectivity index (χ0n) is 19.8. The maximum absolute atomic E-state index is 12.0. The Balaban J connectivity index is 1.79. The van der Waals surface area contributed by atoms with Gasteiger partial charge in [0.15, 0.2) is 0 Å². The molecule has 1 aromatic carbocycles. The summed E-state index contributed by atoms with van der Waals surface area (Å²) >= 11 is 0. The van der Waals surface area contributed by atoms with Gasteiger partial charge in [-0.3, -0.25) is 4.79 Å². The number of carbonyl (C=O) groups excluding carboxylic acids is 1. The average molecular weight is 453 g/mol. The van der Waals surface area contributed by atoms with Gasteiger partial charge in [-0.25, -0.2) is 0 Å². The van der Waals surface area contributed by atoms with Crippen molar-refractivity contribution in [3.05, 3.63) is 29.3 Å². The largest absolute Gasteiger partial charge is 0.462 e. The Morgan fingerprint density at radius 3 is 2.44 bits per heavy atom. The summed E-state index contributed by atoms with van der Waals surface area (Å²) < 4.78 is 16.8. The minimum absolute atomic E-state index is 0.191. The molecule has 7 nitrogen and oxygen atoms in total. The highest BCUT2D eigenvalue weighted by Crippen LogP contribution is 2.28. The van der Waals surface area contributed by atoms with Crippen molar-refractivity contribution in [1.29, 1.82) is 0 Å². The number of benzene rings is 1. The standard InChI is InChI=1S/C25H40O7/c1-5-19-22(27)23(28)24(29)25(31-19)32-20-13-12-18(14-17(20)4)15-30-21(26)11-9-7-6-8-10-16(2)3/h12-14,16,19,22-25,27-29H,5-11,15H2,1-4H3. The van der Waals surface area contributed by atoms with Gasteiger partial charge in [0.25, 0.3) is 0 Å². The highest BCUT2D eigenvalue weighted by atomic mass is 16.7. The highest BCUT2D eigenvalue weighted by Gasteiger charge is 2.44. The molecule has 7 heteroatoms. The SMILES string of the molecule is CCC1OC(Oc2ccc(COC(=O)CCCCCCC(C)C)cc2C)C(O)C(O)C1O. The van der Waals surface area contributed by atoms with E-state index in [4.69, 9.17) is 14.2 Å². The lowest BCUT2D eigenvalue weighted by molar-refractivity contribution is -0.272. The lowest BCUT2D eigenvalue weighted by Gasteiger charge is -2.40. The molecule has 5 unspecified atom stereocenters. The van der Waals surface area contributed by atoms with Gasteiger partial charge >= 0.3 is 5.97 Å². The number of unbranched alkanes of at least 4 members (excludes halogenated alkanes) is 3. The monoisotopic (exact) mass is 452 g/mol. The summed E-state index contributed by atoms with van der Waals surface area (Å²) in [7, 11) is 0. The predicted molar refractivity (Wildman–Crippen MR) is 121 cm³/mol. The number of hydrogen-bond acceptors (Lipinski definition) is 7. The number of rotatable bonds is 12. The van der Waals surface area contributed by atoms with Crippen LogP contribution in [-0.4, -0.2) is 52.0 Å². The Kier molecular flexibility index (Phi) is 10.9. The molecule has 5 atom stereocenters. The fraction of sp³-hybridized carbons (Fsp3) is 0.720. The summed E-state index contributed by atoms with van der Waals surface area (Å²) in [5.41, 5.74) is 1.63. The molecule has 1 aliphatic rings. The summed E-state index contributed by atoms with van der Waals surface area (Å²) in [6.45, 7) is 8.31. The van der Waals surface area contributed by atoms with Gasteiger partial charge in [0.2, 0.25) is 6.29 Å². The van der Waals surface area contributed by atoms with Crippen molar-refractivity contribution < 1.29 is 34.3 Å². The Hall–Kier alpha value is -1.67. The Bertz CT molecular complexity index is 704. The van der Waals surface area contributed by atoms with Gasteiger partial charge in [-0.1, -0.05) is 52.5 Å². The average Bonchev–Trinajstić information content (AvgIpc) is 2.76.